The Labute approximate surface area is 88.8 Å². The smallest absolute Gasteiger partial charge is 0.188 e. The Morgan fingerprint density at radius 3 is 2.93 bits per heavy atom. The van der Waals surface area contributed by atoms with E-state index >= 15 is 0 Å². The standard InChI is InChI=1S/C8H16ClN5/c1-3-4-7(9)5-10-6-8-11-13-14(2)12-8/h7,10H,3-6H2,1-2H3. The molecule has 0 aromatic carbocycles. The van der Waals surface area contributed by atoms with Gasteiger partial charge in [-0.05, 0) is 11.6 Å². The van der Waals surface area contributed by atoms with Gasteiger partial charge in [0.25, 0.3) is 0 Å². The summed E-state index contributed by atoms with van der Waals surface area (Å²) in [6, 6.07) is 0. The van der Waals surface area contributed by atoms with E-state index in [2.05, 4.69) is 27.7 Å². The van der Waals surface area contributed by atoms with Crippen molar-refractivity contribution in [2.24, 2.45) is 7.05 Å². The first-order valence-corrected chi connectivity index (χ1v) is 5.23. The topological polar surface area (TPSA) is 55.6 Å². The normalized spacial score (nSPS) is 13.1. The Bertz CT molecular complexity index is 262. The third kappa shape index (κ3) is 4.02. The fraction of sp³-hybridized carbons (Fsp3) is 0.875. The van der Waals surface area contributed by atoms with Crippen LogP contribution in [0.15, 0.2) is 0 Å². The van der Waals surface area contributed by atoms with Crippen LogP contribution in [0.5, 0.6) is 0 Å². The molecule has 0 aliphatic heterocycles. The van der Waals surface area contributed by atoms with Crippen molar-refractivity contribution in [3.63, 3.8) is 0 Å². The zero-order chi connectivity index (χ0) is 10.4. The molecule has 0 bridgehead atoms. The van der Waals surface area contributed by atoms with Crippen LogP contribution in [0.3, 0.4) is 0 Å². The van der Waals surface area contributed by atoms with E-state index in [1.807, 2.05) is 0 Å². The van der Waals surface area contributed by atoms with E-state index in [4.69, 9.17) is 11.6 Å². The predicted octanol–water partition coefficient (Wildman–Crippen LogP) is 0.707. The van der Waals surface area contributed by atoms with Crippen LogP contribution in [-0.4, -0.2) is 32.1 Å². The Hall–Kier alpha value is -0.680. The summed E-state index contributed by atoms with van der Waals surface area (Å²) < 4.78 is 0. The second-order valence-electron chi connectivity index (χ2n) is 3.21. The summed E-state index contributed by atoms with van der Waals surface area (Å²) in [5.74, 6) is 0.702. The zero-order valence-electron chi connectivity index (χ0n) is 8.57. The minimum absolute atomic E-state index is 0.191. The Kier molecular flexibility index (Phi) is 4.82. The van der Waals surface area contributed by atoms with Crippen molar-refractivity contribution in [1.82, 2.24) is 25.5 Å². The molecule has 1 aromatic rings. The van der Waals surface area contributed by atoms with Gasteiger partial charge in [-0.2, -0.15) is 4.80 Å². The third-order valence-corrected chi connectivity index (χ3v) is 2.17. The molecule has 1 unspecified atom stereocenters. The van der Waals surface area contributed by atoms with Crippen molar-refractivity contribution < 1.29 is 0 Å². The van der Waals surface area contributed by atoms with Crippen molar-refractivity contribution in [2.45, 2.75) is 31.7 Å². The number of halogens is 1. The van der Waals surface area contributed by atoms with E-state index < -0.39 is 0 Å². The fourth-order valence-electron chi connectivity index (χ4n) is 1.15. The molecule has 0 aliphatic rings. The highest BCUT2D eigenvalue weighted by molar-refractivity contribution is 6.20. The second kappa shape index (κ2) is 5.93. The van der Waals surface area contributed by atoms with Gasteiger partial charge < -0.3 is 5.32 Å². The molecule has 1 rings (SSSR count). The van der Waals surface area contributed by atoms with E-state index in [1.54, 1.807) is 7.05 Å². The summed E-state index contributed by atoms with van der Waals surface area (Å²) in [5, 5.41) is 15.0. The zero-order valence-corrected chi connectivity index (χ0v) is 9.33. The first kappa shape index (κ1) is 11.4. The number of rotatable bonds is 6. The third-order valence-electron chi connectivity index (χ3n) is 1.80. The minimum Gasteiger partial charge on any atom is -0.308 e. The van der Waals surface area contributed by atoms with Crippen molar-refractivity contribution in [1.29, 1.82) is 0 Å². The van der Waals surface area contributed by atoms with Crippen molar-refractivity contribution >= 4 is 11.6 Å². The van der Waals surface area contributed by atoms with Gasteiger partial charge in [0.05, 0.1) is 13.6 Å². The van der Waals surface area contributed by atoms with Gasteiger partial charge in [0.15, 0.2) is 5.82 Å². The van der Waals surface area contributed by atoms with Gasteiger partial charge in [-0.15, -0.1) is 21.8 Å². The summed E-state index contributed by atoms with van der Waals surface area (Å²) in [7, 11) is 1.75. The highest BCUT2D eigenvalue weighted by Gasteiger charge is 2.04. The lowest BCUT2D eigenvalue weighted by Crippen LogP contribution is -2.23. The monoisotopic (exact) mass is 217 g/mol. The number of aryl methyl sites for hydroxylation is 1. The van der Waals surface area contributed by atoms with Crippen LogP contribution in [0.2, 0.25) is 0 Å². The lowest BCUT2D eigenvalue weighted by Gasteiger charge is -2.07. The first-order chi connectivity index (χ1) is 6.72. The molecule has 0 fully saturated rings. The van der Waals surface area contributed by atoms with Gasteiger partial charge in [0, 0.05) is 11.9 Å². The maximum atomic E-state index is 6.03. The van der Waals surface area contributed by atoms with E-state index in [1.165, 1.54) is 4.80 Å². The van der Waals surface area contributed by atoms with Gasteiger partial charge in [0.2, 0.25) is 0 Å². The maximum Gasteiger partial charge on any atom is 0.188 e. The molecule has 0 aliphatic carbocycles. The highest BCUT2D eigenvalue weighted by atomic mass is 35.5. The van der Waals surface area contributed by atoms with E-state index in [0.29, 0.717) is 12.4 Å². The first-order valence-electron chi connectivity index (χ1n) is 4.80. The maximum absolute atomic E-state index is 6.03. The second-order valence-corrected chi connectivity index (χ2v) is 3.83. The quantitative estimate of drug-likeness (QED) is 0.713. The van der Waals surface area contributed by atoms with Crippen LogP contribution < -0.4 is 5.32 Å². The van der Waals surface area contributed by atoms with Crippen molar-refractivity contribution in [2.75, 3.05) is 6.54 Å². The molecule has 0 amide bonds. The van der Waals surface area contributed by atoms with Crippen molar-refractivity contribution in [3.8, 4) is 0 Å². The van der Waals surface area contributed by atoms with Crippen LogP contribution in [0.25, 0.3) is 0 Å². The van der Waals surface area contributed by atoms with Crippen LogP contribution in [-0.2, 0) is 13.6 Å². The van der Waals surface area contributed by atoms with E-state index in [9.17, 15) is 0 Å². The molecule has 1 N–H and O–H groups in total. The predicted molar refractivity (Wildman–Crippen MR) is 55.1 cm³/mol. The van der Waals surface area contributed by atoms with Crippen LogP contribution >= 0.6 is 11.6 Å². The number of nitrogens with zero attached hydrogens (tertiary/aromatic N) is 4. The lowest BCUT2D eigenvalue weighted by molar-refractivity contribution is 0.600. The van der Waals surface area contributed by atoms with Gasteiger partial charge in [0.1, 0.15) is 0 Å². The summed E-state index contributed by atoms with van der Waals surface area (Å²) in [6.45, 7) is 3.54. The van der Waals surface area contributed by atoms with Crippen LogP contribution in [0.4, 0.5) is 0 Å². The van der Waals surface area contributed by atoms with Gasteiger partial charge in [-0.25, -0.2) is 0 Å². The lowest BCUT2D eigenvalue weighted by atomic mass is 10.2. The molecular weight excluding hydrogens is 202 g/mol. The Morgan fingerprint density at radius 1 is 1.57 bits per heavy atom. The van der Waals surface area contributed by atoms with Crippen LogP contribution in [0, 0.1) is 0 Å². The van der Waals surface area contributed by atoms with Crippen LogP contribution in [0.1, 0.15) is 25.6 Å². The summed E-state index contributed by atoms with van der Waals surface area (Å²) in [5.41, 5.74) is 0. The van der Waals surface area contributed by atoms with Gasteiger partial charge >= 0.3 is 0 Å². The summed E-state index contributed by atoms with van der Waals surface area (Å²) in [6.07, 6.45) is 2.14. The molecule has 80 valence electrons. The average molecular weight is 218 g/mol. The number of alkyl halides is 1. The van der Waals surface area contributed by atoms with Crippen molar-refractivity contribution in [3.05, 3.63) is 5.82 Å². The van der Waals surface area contributed by atoms with E-state index in [0.717, 1.165) is 19.4 Å². The summed E-state index contributed by atoms with van der Waals surface area (Å²) in [4.78, 5) is 1.45. The fourth-order valence-corrected chi connectivity index (χ4v) is 1.48. The molecular formula is C8H16ClN5. The number of nitrogens with one attached hydrogen (secondary N) is 1. The molecule has 1 aromatic heterocycles. The number of hydrogen-bond donors (Lipinski definition) is 1. The minimum atomic E-state index is 0.191. The molecule has 6 heteroatoms. The molecule has 0 saturated heterocycles. The summed E-state index contributed by atoms with van der Waals surface area (Å²) >= 11 is 6.03. The number of aromatic nitrogens is 4. The van der Waals surface area contributed by atoms with Gasteiger partial charge in [-0.3, -0.25) is 0 Å². The molecule has 1 heterocycles. The molecule has 1 atom stereocenters. The SMILES string of the molecule is CCCC(Cl)CNCc1nnn(C)n1. The Morgan fingerprint density at radius 2 is 2.36 bits per heavy atom. The van der Waals surface area contributed by atoms with E-state index in [-0.39, 0.29) is 5.38 Å². The largest absolute Gasteiger partial charge is 0.308 e. The molecule has 0 saturated carbocycles. The van der Waals surface area contributed by atoms with Gasteiger partial charge in [-0.1, -0.05) is 13.3 Å². The molecule has 0 radical (unpaired) electrons. The average Bonchev–Trinajstić information content (AvgIpc) is 2.52. The molecule has 14 heavy (non-hydrogen) atoms. The number of tetrazole rings is 1. The highest BCUT2D eigenvalue weighted by Crippen LogP contribution is 2.03. The number of hydrogen-bond acceptors (Lipinski definition) is 4. The molecule has 5 nitrogen and oxygen atoms in total. The Balaban J connectivity index is 2.15. The molecule has 0 spiro atoms.